The van der Waals surface area contributed by atoms with Crippen molar-refractivity contribution >= 4 is 22.6 Å². The SMILES string of the molecule is CC(C)Oc1cc2c(OC[C@@H]3C[C@H](C(C)(C)O)C(=O)N3)nccc2cc1C(N)=O. The molecule has 2 atom stereocenters. The lowest BCUT2D eigenvalue weighted by molar-refractivity contribution is -0.128. The third kappa shape index (κ3) is 4.59. The molecule has 0 saturated carbocycles. The largest absolute Gasteiger partial charge is 0.490 e. The molecule has 1 fully saturated rings. The first-order chi connectivity index (χ1) is 13.6. The van der Waals surface area contributed by atoms with Crippen LogP contribution >= 0.6 is 0 Å². The van der Waals surface area contributed by atoms with E-state index >= 15 is 0 Å². The Balaban J connectivity index is 1.85. The van der Waals surface area contributed by atoms with E-state index in [-0.39, 0.29) is 24.7 Å². The van der Waals surface area contributed by atoms with Crippen molar-refractivity contribution in [1.82, 2.24) is 10.3 Å². The van der Waals surface area contributed by atoms with E-state index in [0.29, 0.717) is 29.0 Å². The van der Waals surface area contributed by atoms with E-state index in [1.54, 1.807) is 38.2 Å². The highest BCUT2D eigenvalue weighted by Crippen LogP contribution is 2.32. The molecular formula is C21H27N3O5. The molecule has 4 N–H and O–H groups in total. The van der Waals surface area contributed by atoms with Crippen LogP contribution in [0.25, 0.3) is 10.8 Å². The quantitative estimate of drug-likeness (QED) is 0.650. The Bertz CT molecular complexity index is 936. The zero-order valence-electron chi connectivity index (χ0n) is 17.1. The van der Waals surface area contributed by atoms with Crippen LogP contribution in [0.2, 0.25) is 0 Å². The molecule has 1 aliphatic heterocycles. The number of nitrogens with one attached hydrogen (secondary N) is 1. The average Bonchev–Trinajstić information content (AvgIpc) is 3.00. The Kier molecular flexibility index (Phi) is 5.66. The summed E-state index contributed by atoms with van der Waals surface area (Å²) in [7, 11) is 0. The monoisotopic (exact) mass is 401 g/mol. The Morgan fingerprint density at radius 2 is 2.14 bits per heavy atom. The van der Waals surface area contributed by atoms with Crippen molar-refractivity contribution in [3.8, 4) is 11.6 Å². The van der Waals surface area contributed by atoms with E-state index in [9.17, 15) is 14.7 Å². The van der Waals surface area contributed by atoms with Crippen LogP contribution in [0.15, 0.2) is 24.4 Å². The lowest BCUT2D eigenvalue weighted by Gasteiger charge is -2.22. The number of pyridine rings is 1. The van der Waals surface area contributed by atoms with Crippen LogP contribution in [0, 0.1) is 5.92 Å². The van der Waals surface area contributed by atoms with Gasteiger partial charge in [0.15, 0.2) is 0 Å². The summed E-state index contributed by atoms with van der Waals surface area (Å²) in [5.74, 6) is -0.508. The van der Waals surface area contributed by atoms with Gasteiger partial charge in [-0.15, -0.1) is 0 Å². The lowest BCUT2D eigenvalue weighted by Crippen LogP contribution is -2.36. The number of rotatable bonds is 7. The molecule has 156 valence electrons. The molecule has 0 radical (unpaired) electrons. The van der Waals surface area contributed by atoms with E-state index in [0.717, 1.165) is 5.39 Å². The number of aliphatic hydroxyl groups is 1. The van der Waals surface area contributed by atoms with Gasteiger partial charge in [-0.25, -0.2) is 4.98 Å². The number of hydrogen-bond acceptors (Lipinski definition) is 6. The topological polar surface area (TPSA) is 124 Å². The number of nitrogens with zero attached hydrogens (tertiary/aromatic N) is 1. The van der Waals surface area contributed by atoms with Gasteiger partial charge in [0, 0.05) is 11.6 Å². The second-order valence-corrected chi connectivity index (χ2v) is 8.17. The van der Waals surface area contributed by atoms with E-state index in [2.05, 4.69) is 10.3 Å². The van der Waals surface area contributed by atoms with Gasteiger partial charge in [-0.1, -0.05) is 0 Å². The predicted molar refractivity (Wildman–Crippen MR) is 108 cm³/mol. The number of carbonyl (C=O) groups is 2. The molecule has 2 aromatic rings. The first-order valence-electron chi connectivity index (χ1n) is 9.61. The van der Waals surface area contributed by atoms with E-state index in [1.807, 2.05) is 13.8 Å². The third-order valence-electron chi connectivity index (χ3n) is 4.91. The van der Waals surface area contributed by atoms with Gasteiger partial charge in [-0.05, 0) is 57.7 Å². The minimum absolute atomic E-state index is 0.140. The fraction of sp³-hybridized carbons (Fsp3) is 0.476. The highest BCUT2D eigenvalue weighted by Gasteiger charge is 2.41. The molecule has 1 aliphatic rings. The summed E-state index contributed by atoms with van der Waals surface area (Å²) < 4.78 is 11.6. The highest BCUT2D eigenvalue weighted by molar-refractivity contribution is 6.01. The summed E-state index contributed by atoms with van der Waals surface area (Å²) in [6.07, 6.45) is 1.91. The van der Waals surface area contributed by atoms with Crippen LogP contribution in [-0.2, 0) is 4.79 Å². The zero-order valence-corrected chi connectivity index (χ0v) is 17.1. The van der Waals surface area contributed by atoms with Crippen LogP contribution in [0.3, 0.4) is 0 Å². The van der Waals surface area contributed by atoms with Crippen molar-refractivity contribution in [3.63, 3.8) is 0 Å². The Hall–Kier alpha value is -2.87. The van der Waals surface area contributed by atoms with E-state index in [1.165, 1.54) is 0 Å². The minimum atomic E-state index is -1.09. The minimum Gasteiger partial charge on any atom is -0.490 e. The second kappa shape index (κ2) is 7.87. The number of ether oxygens (including phenoxy) is 2. The maximum atomic E-state index is 12.1. The molecule has 1 aromatic heterocycles. The van der Waals surface area contributed by atoms with Crippen LogP contribution < -0.4 is 20.5 Å². The second-order valence-electron chi connectivity index (χ2n) is 8.17. The molecule has 2 amide bonds. The summed E-state index contributed by atoms with van der Waals surface area (Å²) in [5.41, 5.74) is 4.69. The maximum Gasteiger partial charge on any atom is 0.252 e. The number of nitrogens with two attached hydrogens (primary N) is 1. The molecule has 8 nitrogen and oxygen atoms in total. The van der Waals surface area contributed by atoms with Crippen molar-refractivity contribution in [2.24, 2.45) is 11.7 Å². The molecule has 1 saturated heterocycles. The number of fused-ring (bicyclic) bond motifs is 1. The predicted octanol–water partition coefficient (Wildman–Crippen LogP) is 1.78. The molecule has 1 aromatic carbocycles. The van der Waals surface area contributed by atoms with Gasteiger partial charge in [0.25, 0.3) is 5.91 Å². The maximum absolute atomic E-state index is 12.1. The summed E-state index contributed by atoms with van der Waals surface area (Å²) in [4.78, 5) is 28.2. The van der Waals surface area contributed by atoms with Gasteiger partial charge < -0.3 is 25.6 Å². The molecule has 0 spiro atoms. The van der Waals surface area contributed by atoms with Gasteiger partial charge in [0.1, 0.15) is 12.4 Å². The summed E-state index contributed by atoms with van der Waals surface area (Å²) in [6, 6.07) is 4.89. The van der Waals surface area contributed by atoms with Crippen LogP contribution in [-0.4, -0.2) is 46.3 Å². The standard InChI is InChI=1S/C21H27N3O5/c1-11(2)29-17-9-14-12(7-15(17)18(22)25)5-6-23-20(14)28-10-13-8-16(19(26)24-13)21(3,4)27/h5-7,9,11,13,16,27H,8,10H2,1-4H3,(H2,22,25)(H,24,26)/t13-,16-/m0/s1. The molecule has 0 unspecified atom stereocenters. The van der Waals surface area contributed by atoms with E-state index < -0.39 is 17.4 Å². The summed E-state index contributed by atoms with van der Waals surface area (Å²) >= 11 is 0. The smallest absolute Gasteiger partial charge is 0.252 e. The molecule has 29 heavy (non-hydrogen) atoms. The van der Waals surface area contributed by atoms with Crippen LogP contribution in [0.5, 0.6) is 11.6 Å². The van der Waals surface area contributed by atoms with Gasteiger partial charge in [0.05, 0.1) is 29.2 Å². The zero-order chi connectivity index (χ0) is 21.3. The number of carbonyl (C=O) groups excluding carboxylic acids is 2. The number of hydrogen-bond donors (Lipinski definition) is 3. The average molecular weight is 401 g/mol. The first-order valence-corrected chi connectivity index (χ1v) is 9.61. The van der Waals surface area contributed by atoms with E-state index in [4.69, 9.17) is 15.2 Å². The summed E-state index contributed by atoms with van der Waals surface area (Å²) in [6.45, 7) is 7.18. The number of amides is 2. The summed E-state index contributed by atoms with van der Waals surface area (Å²) in [5, 5.41) is 14.4. The van der Waals surface area contributed by atoms with Crippen molar-refractivity contribution < 1.29 is 24.2 Å². The van der Waals surface area contributed by atoms with Crippen molar-refractivity contribution in [2.45, 2.75) is 51.9 Å². The van der Waals surface area contributed by atoms with Gasteiger partial charge in [0.2, 0.25) is 11.8 Å². The Morgan fingerprint density at radius 1 is 1.41 bits per heavy atom. The van der Waals surface area contributed by atoms with Crippen LogP contribution in [0.4, 0.5) is 0 Å². The molecule has 0 bridgehead atoms. The first kappa shape index (κ1) is 20.9. The normalized spacial score (nSPS) is 19.4. The van der Waals surface area contributed by atoms with Crippen molar-refractivity contribution in [1.29, 1.82) is 0 Å². The van der Waals surface area contributed by atoms with Crippen molar-refractivity contribution in [2.75, 3.05) is 6.61 Å². The Morgan fingerprint density at radius 3 is 2.72 bits per heavy atom. The molecular weight excluding hydrogens is 374 g/mol. The molecule has 2 heterocycles. The number of benzene rings is 1. The third-order valence-corrected chi connectivity index (χ3v) is 4.91. The fourth-order valence-corrected chi connectivity index (χ4v) is 3.48. The van der Waals surface area contributed by atoms with Gasteiger partial charge >= 0.3 is 0 Å². The lowest BCUT2D eigenvalue weighted by atomic mass is 9.88. The number of aromatic nitrogens is 1. The fourth-order valence-electron chi connectivity index (χ4n) is 3.48. The van der Waals surface area contributed by atoms with Crippen LogP contribution in [0.1, 0.15) is 44.5 Å². The molecule has 8 heteroatoms. The highest BCUT2D eigenvalue weighted by atomic mass is 16.5. The van der Waals surface area contributed by atoms with Gasteiger partial charge in [-0.3, -0.25) is 9.59 Å². The Labute approximate surface area is 169 Å². The number of primary amides is 1. The van der Waals surface area contributed by atoms with Crippen molar-refractivity contribution in [3.05, 3.63) is 30.0 Å². The molecule has 0 aliphatic carbocycles. The molecule has 3 rings (SSSR count). The van der Waals surface area contributed by atoms with Gasteiger partial charge in [-0.2, -0.15) is 0 Å².